The number of rotatable bonds is 8. The lowest BCUT2D eigenvalue weighted by molar-refractivity contribution is -0.123. The van der Waals surface area contributed by atoms with E-state index in [-0.39, 0.29) is 21.9 Å². The molecule has 0 radical (unpaired) electrons. The van der Waals surface area contributed by atoms with Gasteiger partial charge in [0.15, 0.2) is 6.10 Å². The van der Waals surface area contributed by atoms with Crippen LogP contribution in [-0.4, -0.2) is 30.3 Å². The molecule has 0 fully saturated rings. The van der Waals surface area contributed by atoms with Crippen LogP contribution in [0.15, 0.2) is 53.4 Å². The number of hydrogen-bond donors (Lipinski definition) is 1. The molecule has 0 aliphatic carbocycles. The largest absolute Gasteiger partial charge is 0.449 e. The maximum atomic E-state index is 12.4. The Labute approximate surface area is 162 Å². The summed E-state index contributed by atoms with van der Waals surface area (Å²) in [6.07, 6.45) is -1.25. The van der Waals surface area contributed by atoms with Crippen molar-refractivity contribution in [1.29, 1.82) is 0 Å². The second-order valence-corrected chi connectivity index (χ2v) is 6.38. The molecule has 0 saturated carbocycles. The second kappa shape index (κ2) is 9.98. The highest BCUT2D eigenvalue weighted by Crippen LogP contribution is 2.26. The lowest BCUT2D eigenvalue weighted by Gasteiger charge is -2.16. The summed E-state index contributed by atoms with van der Waals surface area (Å²) in [4.78, 5) is 24.5. The summed E-state index contributed by atoms with van der Waals surface area (Å²) in [5, 5.41) is 2.34. The Bertz CT molecular complexity index is 817. The van der Waals surface area contributed by atoms with Gasteiger partial charge in [0.2, 0.25) is 0 Å². The molecule has 1 amide bonds. The number of para-hydroxylation sites is 2. The van der Waals surface area contributed by atoms with E-state index >= 15 is 0 Å². The summed E-state index contributed by atoms with van der Waals surface area (Å²) in [6.45, 7) is -1.77. The van der Waals surface area contributed by atoms with Gasteiger partial charge < -0.3 is 14.8 Å². The average molecular weight is 417 g/mol. The van der Waals surface area contributed by atoms with Gasteiger partial charge >= 0.3 is 12.6 Å². The van der Waals surface area contributed by atoms with Crippen LogP contribution in [-0.2, 0) is 9.53 Å². The first-order chi connectivity index (χ1) is 13.3. The first-order valence-corrected chi connectivity index (χ1v) is 8.74. The predicted octanol–water partition coefficient (Wildman–Crippen LogP) is 4.79. The van der Waals surface area contributed by atoms with E-state index < -0.39 is 30.3 Å². The van der Waals surface area contributed by atoms with Gasteiger partial charge in [-0.05, 0) is 43.3 Å². The van der Waals surface area contributed by atoms with Gasteiger partial charge in [-0.25, -0.2) is 4.79 Å². The van der Waals surface area contributed by atoms with E-state index in [0.717, 1.165) is 0 Å². The third kappa shape index (κ3) is 6.45. The topological polar surface area (TPSA) is 64.6 Å². The minimum Gasteiger partial charge on any atom is -0.449 e. The van der Waals surface area contributed by atoms with E-state index in [2.05, 4.69) is 10.1 Å². The summed E-state index contributed by atoms with van der Waals surface area (Å²) in [7, 11) is 0. The third-order valence-corrected chi connectivity index (χ3v) is 4.05. The average Bonchev–Trinajstić information content (AvgIpc) is 2.62. The molecular formula is C18H15F4NO4S. The van der Waals surface area contributed by atoms with Crippen molar-refractivity contribution in [2.75, 3.05) is 5.32 Å². The lowest BCUT2D eigenvalue weighted by Crippen LogP contribution is -2.30. The number of esters is 1. The number of thioether (sulfide) groups is 1. The maximum Gasteiger partial charge on any atom is 0.387 e. The van der Waals surface area contributed by atoms with Crippen molar-refractivity contribution in [1.82, 2.24) is 0 Å². The summed E-state index contributed by atoms with van der Waals surface area (Å²) >= 11 is 0.330. The molecule has 0 heterocycles. The van der Waals surface area contributed by atoms with E-state index in [1.54, 1.807) is 0 Å². The number of hydrogen-bond acceptors (Lipinski definition) is 5. The summed E-state index contributed by atoms with van der Waals surface area (Å²) < 4.78 is 58.7. The predicted molar refractivity (Wildman–Crippen MR) is 94.9 cm³/mol. The smallest absolute Gasteiger partial charge is 0.387 e. The SMILES string of the molecule is CC(OC(=O)c1ccc(SC(F)F)cc1)C(=O)Nc1ccccc1OC(F)F. The molecule has 2 aromatic rings. The Morgan fingerprint density at radius 3 is 2.25 bits per heavy atom. The zero-order valence-corrected chi connectivity index (χ0v) is 15.2. The van der Waals surface area contributed by atoms with Gasteiger partial charge in [0, 0.05) is 4.90 Å². The van der Waals surface area contributed by atoms with Crippen LogP contribution in [0.25, 0.3) is 0 Å². The van der Waals surface area contributed by atoms with Crippen LogP contribution in [0, 0.1) is 0 Å². The molecule has 0 aliphatic heterocycles. The van der Waals surface area contributed by atoms with Gasteiger partial charge in [-0.3, -0.25) is 4.79 Å². The highest BCUT2D eigenvalue weighted by molar-refractivity contribution is 7.99. The quantitative estimate of drug-likeness (QED) is 0.380. The van der Waals surface area contributed by atoms with Crippen LogP contribution < -0.4 is 10.1 Å². The van der Waals surface area contributed by atoms with E-state index in [0.29, 0.717) is 11.8 Å². The Morgan fingerprint density at radius 2 is 1.64 bits per heavy atom. The fourth-order valence-corrected chi connectivity index (χ4v) is 2.56. The molecule has 0 aromatic heterocycles. The number of alkyl halides is 4. The minimum atomic E-state index is -3.07. The van der Waals surface area contributed by atoms with Crippen molar-refractivity contribution in [3.8, 4) is 5.75 Å². The number of nitrogens with one attached hydrogen (secondary N) is 1. The molecule has 2 aromatic carbocycles. The molecule has 10 heteroatoms. The van der Waals surface area contributed by atoms with Crippen molar-refractivity contribution in [2.45, 2.75) is 30.3 Å². The molecule has 0 aliphatic rings. The highest BCUT2D eigenvalue weighted by atomic mass is 32.2. The van der Waals surface area contributed by atoms with Crippen molar-refractivity contribution in [2.24, 2.45) is 0 Å². The molecule has 2 rings (SSSR count). The van der Waals surface area contributed by atoms with Gasteiger partial charge in [0.05, 0.1) is 11.3 Å². The Hall–Kier alpha value is -2.75. The standard InChI is InChI=1S/C18H15F4NO4S/c1-10(15(24)23-13-4-2-3-5-14(13)27-17(19)20)26-16(25)11-6-8-12(9-7-11)28-18(21)22/h2-10,17-18H,1H3,(H,23,24). The van der Waals surface area contributed by atoms with Gasteiger partial charge in [-0.2, -0.15) is 17.6 Å². The monoisotopic (exact) mass is 417 g/mol. The Balaban J connectivity index is 1.98. The Kier molecular flexibility index (Phi) is 7.68. The van der Waals surface area contributed by atoms with Crippen LogP contribution in [0.1, 0.15) is 17.3 Å². The summed E-state index contributed by atoms with van der Waals surface area (Å²) in [5.74, 6) is -4.42. The third-order valence-electron chi connectivity index (χ3n) is 3.33. The summed E-state index contributed by atoms with van der Waals surface area (Å²) in [6, 6.07) is 10.8. The van der Waals surface area contributed by atoms with Crippen molar-refractivity contribution >= 4 is 29.3 Å². The number of ether oxygens (including phenoxy) is 2. The van der Waals surface area contributed by atoms with Crippen LogP contribution >= 0.6 is 11.8 Å². The van der Waals surface area contributed by atoms with E-state index in [1.165, 1.54) is 55.5 Å². The zero-order chi connectivity index (χ0) is 20.7. The number of carbonyl (C=O) groups is 2. The fraction of sp³-hybridized carbons (Fsp3) is 0.222. The van der Waals surface area contributed by atoms with Gasteiger partial charge in [0.1, 0.15) is 5.75 Å². The normalized spacial score (nSPS) is 12.0. The second-order valence-electron chi connectivity index (χ2n) is 5.31. The highest BCUT2D eigenvalue weighted by Gasteiger charge is 2.21. The Morgan fingerprint density at radius 1 is 1.00 bits per heavy atom. The fourth-order valence-electron chi connectivity index (χ4n) is 2.06. The molecule has 0 spiro atoms. The zero-order valence-electron chi connectivity index (χ0n) is 14.4. The molecule has 1 atom stereocenters. The number of halogens is 4. The van der Waals surface area contributed by atoms with Crippen molar-refractivity contribution < 1.29 is 36.6 Å². The molecule has 0 saturated heterocycles. The molecule has 1 N–H and O–H groups in total. The number of benzene rings is 2. The molecule has 28 heavy (non-hydrogen) atoms. The van der Waals surface area contributed by atoms with Crippen molar-refractivity contribution in [3.63, 3.8) is 0 Å². The van der Waals surface area contributed by atoms with Crippen LogP contribution in [0.4, 0.5) is 23.2 Å². The van der Waals surface area contributed by atoms with Crippen LogP contribution in [0.5, 0.6) is 5.75 Å². The van der Waals surface area contributed by atoms with Gasteiger partial charge in [0.25, 0.3) is 11.7 Å². The van der Waals surface area contributed by atoms with Gasteiger partial charge in [-0.1, -0.05) is 23.9 Å². The van der Waals surface area contributed by atoms with Gasteiger partial charge in [-0.15, -0.1) is 0 Å². The number of amides is 1. The van der Waals surface area contributed by atoms with E-state index in [9.17, 15) is 27.2 Å². The minimum absolute atomic E-state index is 0.0101. The van der Waals surface area contributed by atoms with Crippen molar-refractivity contribution in [3.05, 3.63) is 54.1 Å². The van der Waals surface area contributed by atoms with Crippen LogP contribution in [0.2, 0.25) is 0 Å². The number of anilines is 1. The van der Waals surface area contributed by atoms with E-state index in [1.807, 2.05) is 0 Å². The summed E-state index contributed by atoms with van der Waals surface area (Å²) in [5.41, 5.74) is 0.0591. The lowest BCUT2D eigenvalue weighted by atomic mass is 10.2. The molecule has 150 valence electrons. The molecule has 1 unspecified atom stereocenters. The molecule has 5 nitrogen and oxygen atoms in total. The molecule has 0 bridgehead atoms. The number of carbonyl (C=O) groups excluding carboxylic acids is 2. The first-order valence-electron chi connectivity index (χ1n) is 7.87. The first kappa shape index (κ1) is 21.5. The van der Waals surface area contributed by atoms with Crippen LogP contribution in [0.3, 0.4) is 0 Å². The van der Waals surface area contributed by atoms with E-state index in [4.69, 9.17) is 4.74 Å². The molecular weight excluding hydrogens is 402 g/mol. The maximum absolute atomic E-state index is 12.4.